The number of hydrogen-bond acceptors (Lipinski definition) is 4. The second-order valence-corrected chi connectivity index (χ2v) is 8.44. The molecule has 0 aliphatic carbocycles. The Labute approximate surface area is 184 Å². The van der Waals surface area contributed by atoms with Crippen molar-refractivity contribution < 1.29 is 9.53 Å². The quantitative estimate of drug-likeness (QED) is 0.331. The third kappa shape index (κ3) is 5.82. The summed E-state index contributed by atoms with van der Waals surface area (Å²) in [5.41, 5.74) is 4.74. The van der Waals surface area contributed by atoms with Crippen molar-refractivity contribution >= 4 is 46.7 Å². The summed E-state index contributed by atoms with van der Waals surface area (Å²) in [5, 5.41) is 7.04. The molecule has 0 unspecified atom stereocenters. The van der Waals surface area contributed by atoms with Gasteiger partial charge in [0.1, 0.15) is 12.4 Å². The van der Waals surface area contributed by atoms with Gasteiger partial charge in [-0.25, -0.2) is 5.43 Å². The van der Waals surface area contributed by atoms with Crippen LogP contribution in [0, 0.1) is 0 Å². The van der Waals surface area contributed by atoms with Gasteiger partial charge in [-0.05, 0) is 36.2 Å². The molecule has 29 heavy (non-hydrogen) atoms. The molecule has 150 valence electrons. The SMILES string of the molecule is CC(C)c1cc(C(=O)N/N=C/c2ccccc2OCc2ccc(Cl)cc2Cl)cs1. The van der Waals surface area contributed by atoms with Crippen molar-refractivity contribution in [2.75, 3.05) is 0 Å². The van der Waals surface area contributed by atoms with Crippen LogP contribution in [-0.2, 0) is 6.61 Å². The lowest BCUT2D eigenvalue weighted by Crippen LogP contribution is -2.16. The van der Waals surface area contributed by atoms with Gasteiger partial charge in [0, 0.05) is 31.4 Å². The summed E-state index contributed by atoms with van der Waals surface area (Å²) < 4.78 is 5.89. The number of carbonyl (C=O) groups is 1. The molecular weight excluding hydrogens is 427 g/mol. The van der Waals surface area contributed by atoms with Crippen LogP contribution in [0.5, 0.6) is 5.75 Å². The molecule has 0 radical (unpaired) electrons. The number of para-hydroxylation sites is 1. The largest absolute Gasteiger partial charge is 0.488 e. The number of hydrogen-bond donors (Lipinski definition) is 1. The zero-order chi connectivity index (χ0) is 20.8. The normalized spacial score (nSPS) is 11.2. The van der Waals surface area contributed by atoms with Crippen molar-refractivity contribution in [1.29, 1.82) is 0 Å². The topological polar surface area (TPSA) is 50.7 Å². The Balaban J connectivity index is 1.64. The summed E-state index contributed by atoms with van der Waals surface area (Å²) in [5.74, 6) is 0.785. The fourth-order valence-corrected chi connectivity index (χ4v) is 3.88. The van der Waals surface area contributed by atoms with Crippen molar-refractivity contribution in [2.24, 2.45) is 5.10 Å². The molecule has 0 aliphatic rings. The Morgan fingerprint density at radius 3 is 2.72 bits per heavy atom. The molecule has 0 atom stereocenters. The lowest BCUT2D eigenvalue weighted by Gasteiger charge is -2.10. The van der Waals surface area contributed by atoms with Gasteiger partial charge in [-0.2, -0.15) is 5.10 Å². The minimum absolute atomic E-state index is 0.240. The molecule has 0 spiro atoms. The molecule has 3 rings (SSSR count). The first kappa shape index (κ1) is 21.4. The van der Waals surface area contributed by atoms with Crippen LogP contribution in [0.1, 0.15) is 46.1 Å². The number of hydrazone groups is 1. The van der Waals surface area contributed by atoms with Crippen LogP contribution in [0.3, 0.4) is 0 Å². The van der Waals surface area contributed by atoms with Gasteiger partial charge in [0.05, 0.1) is 11.8 Å². The number of carbonyl (C=O) groups excluding carboxylic acids is 1. The van der Waals surface area contributed by atoms with E-state index in [2.05, 4.69) is 24.4 Å². The van der Waals surface area contributed by atoms with Crippen LogP contribution in [0.25, 0.3) is 0 Å². The second-order valence-electron chi connectivity index (χ2n) is 6.65. The molecule has 0 fully saturated rings. The van der Waals surface area contributed by atoms with Gasteiger partial charge in [-0.3, -0.25) is 4.79 Å². The third-order valence-corrected chi connectivity index (χ3v) is 5.96. The molecule has 0 saturated carbocycles. The number of nitrogens with zero attached hydrogens (tertiary/aromatic N) is 1. The monoisotopic (exact) mass is 446 g/mol. The van der Waals surface area contributed by atoms with E-state index in [1.54, 1.807) is 29.7 Å². The van der Waals surface area contributed by atoms with Crippen LogP contribution < -0.4 is 10.2 Å². The molecule has 0 saturated heterocycles. The van der Waals surface area contributed by atoms with E-state index in [4.69, 9.17) is 27.9 Å². The van der Waals surface area contributed by atoms with E-state index in [1.165, 1.54) is 4.88 Å². The molecule has 3 aromatic rings. The summed E-state index contributed by atoms with van der Waals surface area (Å²) in [6, 6.07) is 14.6. The van der Waals surface area contributed by atoms with E-state index in [9.17, 15) is 4.79 Å². The Bertz CT molecular complexity index is 1030. The van der Waals surface area contributed by atoms with Crippen molar-refractivity contribution in [1.82, 2.24) is 5.43 Å². The van der Waals surface area contributed by atoms with Crippen molar-refractivity contribution in [2.45, 2.75) is 26.4 Å². The van der Waals surface area contributed by atoms with Gasteiger partial charge >= 0.3 is 0 Å². The number of rotatable bonds is 7. The van der Waals surface area contributed by atoms with E-state index in [0.29, 0.717) is 33.9 Å². The predicted molar refractivity (Wildman–Crippen MR) is 121 cm³/mol. The molecule has 0 bridgehead atoms. The van der Waals surface area contributed by atoms with Gasteiger partial charge < -0.3 is 4.74 Å². The molecule has 2 aromatic carbocycles. The summed E-state index contributed by atoms with van der Waals surface area (Å²) in [4.78, 5) is 13.4. The smallest absolute Gasteiger partial charge is 0.272 e. The summed E-state index contributed by atoms with van der Waals surface area (Å²) in [7, 11) is 0. The van der Waals surface area contributed by atoms with Crippen LogP contribution in [0.2, 0.25) is 10.0 Å². The average molecular weight is 447 g/mol. The Morgan fingerprint density at radius 2 is 2.00 bits per heavy atom. The Kier molecular flexibility index (Phi) is 7.31. The Hall–Kier alpha value is -2.34. The number of amides is 1. The standard InChI is InChI=1S/C22H20Cl2N2O2S/c1-14(2)21-9-17(13-29-21)22(27)26-25-11-15-5-3-4-6-20(15)28-12-16-7-8-18(23)10-19(16)24/h3-11,13-14H,12H2,1-2H3,(H,26,27)/b25-11+. The maximum Gasteiger partial charge on any atom is 0.272 e. The molecule has 4 nitrogen and oxygen atoms in total. The van der Waals surface area contributed by atoms with E-state index >= 15 is 0 Å². The second kappa shape index (κ2) is 9.92. The van der Waals surface area contributed by atoms with Gasteiger partial charge in [0.15, 0.2) is 0 Å². The number of halogens is 2. The molecule has 7 heteroatoms. The van der Waals surface area contributed by atoms with Crippen molar-refractivity contribution in [3.8, 4) is 5.75 Å². The van der Waals surface area contributed by atoms with Crippen LogP contribution >= 0.6 is 34.5 Å². The zero-order valence-corrected chi connectivity index (χ0v) is 18.3. The van der Waals surface area contributed by atoms with Crippen LogP contribution in [-0.4, -0.2) is 12.1 Å². The summed E-state index contributed by atoms with van der Waals surface area (Å²) >= 11 is 13.7. The van der Waals surface area contributed by atoms with E-state index < -0.39 is 0 Å². The third-order valence-electron chi connectivity index (χ3n) is 4.14. The van der Waals surface area contributed by atoms with E-state index in [1.807, 2.05) is 41.8 Å². The fourth-order valence-electron chi connectivity index (χ4n) is 2.51. The van der Waals surface area contributed by atoms with E-state index in [-0.39, 0.29) is 5.91 Å². The molecule has 1 aromatic heterocycles. The van der Waals surface area contributed by atoms with Gasteiger partial charge in [-0.1, -0.05) is 55.2 Å². The highest BCUT2D eigenvalue weighted by Crippen LogP contribution is 2.24. The van der Waals surface area contributed by atoms with Crippen LogP contribution in [0.4, 0.5) is 0 Å². The molecule has 0 aliphatic heterocycles. The minimum atomic E-state index is -0.240. The highest BCUT2D eigenvalue weighted by atomic mass is 35.5. The lowest BCUT2D eigenvalue weighted by molar-refractivity contribution is 0.0955. The molecule has 1 heterocycles. The first-order valence-corrected chi connectivity index (χ1v) is 10.6. The molecular formula is C22H20Cl2N2O2S. The first-order chi connectivity index (χ1) is 13.9. The Morgan fingerprint density at radius 1 is 1.21 bits per heavy atom. The first-order valence-electron chi connectivity index (χ1n) is 9.01. The summed E-state index contributed by atoms with van der Waals surface area (Å²) in [6.07, 6.45) is 1.56. The van der Waals surface area contributed by atoms with Gasteiger partial charge in [0.2, 0.25) is 0 Å². The predicted octanol–water partition coefficient (Wildman–Crippen LogP) is 6.52. The van der Waals surface area contributed by atoms with Gasteiger partial charge in [0.25, 0.3) is 5.91 Å². The summed E-state index contributed by atoms with van der Waals surface area (Å²) in [6.45, 7) is 4.49. The molecule has 1 N–H and O–H groups in total. The maximum atomic E-state index is 12.3. The van der Waals surface area contributed by atoms with E-state index in [0.717, 1.165) is 11.1 Å². The van der Waals surface area contributed by atoms with Crippen molar-refractivity contribution in [3.05, 3.63) is 85.5 Å². The number of benzene rings is 2. The lowest BCUT2D eigenvalue weighted by atomic mass is 10.1. The van der Waals surface area contributed by atoms with Crippen molar-refractivity contribution in [3.63, 3.8) is 0 Å². The number of thiophene rings is 1. The average Bonchev–Trinajstić information content (AvgIpc) is 3.19. The van der Waals surface area contributed by atoms with Crippen LogP contribution in [0.15, 0.2) is 59.0 Å². The highest BCUT2D eigenvalue weighted by molar-refractivity contribution is 7.10. The number of ether oxygens (including phenoxy) is 1. The molecule has 1 amide bonds. The van der Waals surface area contributed by atoms with Gasteiger partial charge in [-0.15, -0.1) is 11.3 Å². The zero-order valence-electron chi connectivity index (χ0n) is 16.0. The fraction of sp³-hybridized carbons (Fsp3) is 0.182. The minimum Gasteiger partial charge on any atom is -0.488 e. The number of nitrogens with one attached hydrogen (secondary N) is 1. The maximum absolute atomic E-state index is 12.3. The highest BCUT2D eigenvalue weighted by Gasteiger charge is 2.10.